The van der Waals surface area contributed by atoms with E-state index in [-0.39, 0.29) is 11.9 Å². The zero-order chi connectivity index (χ0) is 19.5. The maximum Gasteiger partial charge on any atom is 0.252 e. The molecule has 0 bridgehead atoms. The van der Waals surface area contributed by atoms with Crippen molar-refractivity contribution < 1.29 is 9.21 Å². The van der Waals surface area contributed by atoms with Crippen LogP contribution in [-0.2, 0) is 0 Å². The van der Waals surface area contributed by atoms with Crippen LogP contribution in [0.4, 0.5) is 0 Å². The van der Waals surface area contributed by atoms with E-state index in [0.29, 0.717) is 28.7 Å². The fourth-order valence-corrected chi connectivity index (χ4v) is 3.59. The largest absolute Gasteiger partial charge is 0.436 e. The van der Waals surface area contributed by atoms with Gasteiger partial charge in [0.2, 0.25) is 5.89 Å². The molecule has 28 heavy (non-hydrogen) atoms. The summed E-state index contributed by atoms with van der Waals surface area (Å²) in [6.45, 7) is 6.06. The van der Waals surface area contributed by atoms with Crippen molar-refractivity contribution in [3.8, 4) is 22.8 Å². The number of carbonyl (C=O) groups excluding carboxylic acids is 1. The number of aryl methyl sites for hydroxylation is 1. The van der Waals surface area contributed by atoms with Gasteiger partial charge >= 0.3 is 0 Å². The molecule has 2 aromatic carbocycles. The predicted octanol–water partition coefficient (Wildman–Crippen LogP) is 4.04. The van der Waals surface area contributed by atoms with Crippen molar-refractivity contribution in [3.63, 3.8) is 0 Å². The van der Waals surface area contributed by atoms with Crippen molar-refractivity contribution >= 4 is 5.91 Å². The number of rotatable bonds is 4. The van der Waals surface area contributed by atoms with E-state index >= 15 is 0 Å². The van der Waals surface area contributed by atoms with E-state index in [2.05, 4.69) is 22.5 Å². The van der Waals surface area contributed by atoms with E-state index in [9.17, 15) is 4.79 Å². The summed E-state index contributed by atoms with van der Waals surface area (Å²) in [5.41, 5.74) is 3.46. The summed E-state index contributed by atoms with van der Waals surface area (Å²) in [5.74, 6) is 1.47. The number of benzene rings is 2. The van der Waals surface area contributed by atoms with Gasteiger partial charge in [0, 0.05) is 17.2 Å². The van der Waals surface area contributed by atoms with Crippen molar-refractivity contribution in [2.45, 2.75) is 26.3 Å². The number of amides is 1. The second-order valence-electron chi connectivity index (χ2n) is 7.49. The first-order valence-corrected chi connectivity index (χ1v) is 9.75. The summed E-state index contributed by atoms with van der Waals surface area (Å²) in [5, 5.41) is 6.55. The molecule has 1 amide bonds. The molecule has 0 aliphatic carbocycles. The van der Waals surface area contributed by atoms with Gasteiger partial charge in [0.05, 0.1) is 11.8 Å². The minimum atomic E-state index is -0.0792. The summed E-state index contributed by atoms with van der Waals surface area (Å²) in [6, 6.07) is 15.8. The van der Waals surface area contributed by atoms with Crippen LogP contribution in [0.15, 0.2) is 59.1 Å². The standard InChI is InChI=1S/C23H25N3O2/c1-15-7-9-17(10-8-15)21-14-25-23(28-21)19-6-4-3-5-18(19)22(27)26-20-11-12-24-13-16(20)2/h3-10,14,16,20,24H,11-13H2,1-2H3,(H,26,27). The molecule has 2 heterocycles. The van der Waals surface area contributed by atoms with Crippen LogP contribution in [0.2, 0.25) is 0 Å². The molecule has 0 radical (unpaired) electrons. The van der Waals surface area contributed by atoms with Crippen LogP contribution in [-0.4, -0.2) is 30.0 Å². The first-order chi connectivity index (χ1) is 13.6. The quantitative estimate of drug-likeness (QED) is 0.722. The fraction of sp³-hybridized carbons (Fsp3) is 0.304. The van der Waals surface area contributed by atoms with E-state index in [1.54, 1.807) is 6.20 Å². The summed E-state index contributed by atoms with van der Waals surface area (Å²) in [6.07, 6.45) is 2.65. The minimum Gasteiger partial charge on any atom is -0.436 e. The molecule has 5 nitrogen and oxygen atoms in total. The van der Waals surface area contributed by atoms with Crippen molar-refractivity contribution in [1.29, 1.82) is 0 Å². The fourth-order valence-electron chi connectivity index (χ4n) is 3.59. The Morgan fingerprint density at radius 3 is 2.75 bits per heavy atom. The molecule has 4 rings (SSSR count). The third-order valence-electron chi connectivity index (χ3n) is 5.35. The third-order valence-corrected chi connectivity index (χ3v) is 5.35. The summed E-state index contributed by atoms with van der Waals surface area (Å²) in [4.78, 5) is 17.4. The van der Waals surface area contributed by atoms with Gasteiger partial charge in [-0.25, -0.2) is 4.98 Å². The van der Waals surface area contributed by atoms with Crippen LogP contribution in [0.25, 0.3) is 22.8 Å². The Kier molecular flexibility index (Phi) is 5.26. The van der Waals surface area contributed by atoms with Crippen molar-refractivity contribution in [1.82, 2.24) is 15.6 Å². The Bertz CT molecular complexity index is 962. The number of hydrogen-bond acceptors (Lipinski definition) is 4. The van der Waals surface area contributed by atoms with Crippen LogP contribution in [0, 0.1) is 12.8 Å². The van der Waals surface area contributed by atoms with Gasteiger partial charge in [0.25, 0.3) is 5.91 Å². The van der Waals surface area contributed by atoms with Crippen LogP contribution in [0.3, 0.4) is 0 Å². The number of oxazole rings is 1. The highest BCUT2D eigenvalue weighted by molar-refractivity contribution is 6.00. The Morgan fingerprint density at radius 2 is 1.96 bits per heavy atom. The van der Waals surface area contributed by atoms with E-state index in [1.165, 1.54) is 5.56 Å². The van der Waals surface area contributed by atoms with Crippen LogP contribution >= 0.6 is 0 Å². The molecular weight excluding hydrogens is 350 g/mol. The summed E-state index contributed by atoms with van der Waals surface area (Å²) >= 11 is 0. The zero-order valence-corrected chi connectivity index (χ0v) is 16.2. The Hall–Kier alpha value is -2.92. The molecular formula is C23H25N3O2. The van der Waals surface area contributed by atoms with E-state index in [0.717, 1.165) is 25.1 Å². The number of carbonyl (C=O) groups is 1. The van der Waals surface area contributed by atoms with Gasteiger partial charge in [0.1, 0.15) is 0 Å². The maximum atomic E-state index is 13.0. The summed E-state index contributed by atoms with van der Waals surface area (Å²) < 4.78 is 6.00. The summed E-state index contributed by atoms with van der Waals surface area (Å²) in [7, 11) is 0. The molecule has 1 aliphatic heterocycles. The molecule has 5 heteroatoms. The van der Waals surface area contributed by atoms with Crippen molar-refractivity contribution in [2.24, 2.45) is 5.92 Å². The van der Waals surface area contributed by atoms with Crippen LogP contribution in [0.5, 0.6) is 0 Å². The van der Waals surface area contributed by atoms with Gasteiger partial charge in [-0.15, -0.1) is 0 Å². The highest BCUT2D eigenvalue weighted by Crippen LogP contribution is 2.28. The molecule has 2 unspecified atom stereocenters. The molecule has 2 N–H and O–H groups in total. The molecule has 1 aromatic heterocycles. The van der Waals surface area contributed by atoms with E-state index in [1.807, 2.05) is 55.5 Å². The topological polar surface area (TPSA) is 67.2 Å². The zero-order valence-electron chi connectivity index (χ0n) is 16.2. The third kappa shape index (κ3) is 3.85. The Labute approximate surface area is 165 Å². The lowest BCUT2D eigenvalue weighted by Gasteiger charge is -2.30. The lowest BCUT2D eigenvalue weighted by atomic mass is 9.94. The Balaban J connectivity index is 1.59. The first kappa shape index (κ1) is 18.4. The van der Waals surface area contributed by atoms with Gasteiger partial charge in [0.15, 0.2) is 5.76 Å². The van der Waals surface area contributed by atoms with Crippen molar-refractivity contribution in [2.75, 3.05) is 13.1 Å². The van der Waals surface area contributed by atoms with Gasteiger partial charge in [-0.2, -0.15) is 0 Å². The SMILES string of the molecule is Cc1ccc(-c2cnc(-c3ccccc3C(=O)NC3CCNCC3C)o2)cc1. The van der Waals surface area contributed by atoms with Gasteiger partial charge in [-0.3, -0.25) is 4.79 Å². The highest BCUT2D eigenvalue weighted by Gasteiger charge is 2.25. The van der Waals surface area contributed by atoms with Gasteiger partial charge in [-0.05, 0) is 44.5 Å². The van der Waals surface area contributed by atoms with Gasteiger partial charge < -0.3 is 15.1 Å². The normalized spacial score (nSPS) is 19.4. The maximum absolute atomic E-state index is 13.0. The molecule has 0 spiro atoms. The average Bonchev–Trinajstić information content (AvgIpc) is 3.20. The van der Waals surface area contributed by atoms with Gasteiger partial charge in [-0.1, -0.05) is 48.9 Å². The minimum absolute atomic E-state index is 0.0792. The number of aromatic nitrogens is 1. The molecule has 1 saturated heterocycles. The van der Waals surface area contributed by atoms with Crippen molar-refractivity contribution in [3.05, 3.63) is 65.9 Å². The molecule has 3 aromatic rings. The molecule has 1 aliphatic rings. The molecule has 2 atom stereocenters. The first-order valence-electron chi connectivity index (χ1n) is 9.75. The molecule has 144 valence electrons. The number of nitrogens with one attached hydrogen (secondary N) is 2. The van der Waals surface area contributed by atoms with Crippen LogP contribution < -0.4 is 10.6 Å². The lowest BCUT2D eigenvalue weighted by molar-refractivity contribution is 0.0914. The number of piperidine rings is 1. The second-order valence-corrected chi connectivity index (χ2v) is 7.49. The van der Waals surface area contributed by atoms with E-state index < -0.39 is 0 Å². The predicted molar refractivity (Wildman–Crippen MR) is 110 cm³/mol. The lowest BCUT2D eigenvalue weighted by Crippen LogP contribution is -2.48. The highest BCUT2D eigenvalue weighted by atomic mass is 16.4. The van der Waals surface area contributed by atoms with Crippen LogP contribution in [0.1, 0.15) is 29.3 Å². The molecule has 1 fully saturated rings. The second kappa shape index (κ2) is 7.98. The number of hydrogen-bond donors (Lipinski definition) is 2. The monoisotopic (exact) mass is 375 g/mol. The smallest absolute Gasteiger partial charge is 0.252 e. The molecule has 0 saturated carbocycles. The Morgan fingerprint density at radius 1 is 1.18 bits per heavy atom. The average molecular weight is 375 g/mol. The number of nitrogens with zero attached hydrogens (tertiary/aromatic N) is 1. The van der Waals surface area contributed by atoms with E-state index in [4.69, 9.17) is 4.42 Å².